The number of benzene rings is 2. The molecule has 1 aliphatic carbocycles. The molecule has 4 rings (SSSR count). The summed E-state index contributed by atoms with van der Waals surface area (Å²) in [6.07, 6.45) is 2.78. The van der Waals surface area contributed by atoms with E-state index in [0.29, 0.717) is 22.4 Å². The Kier molecular flexibility index (Phi) is 6.51. The van der Waals surface area contributed by atoms with Crippen molar-refractivity contribution in [3.63, 3.8) is 0 Å². The predicted octanol–water partition coefficient (Wildman–Crippen LogP) is 6.50. The van der Waals surface area contributed by atoms with Gasteiger partial charge in [-0.15, -0.1) is 11.3 Å². The molecule has 7 heteroatoms. The molecule has 172 valence electrons. The maximum atomic E-state index is 13.7. The summed E-state index contributed by atoms with van der Waals surface area (Å²) in [7, 11) is 0. The Labute approximate surface area is 197 Å². The average molecular weight is 465 g/mol. The number of hydrogen-bond acceptors (Lipinski definition) is 5. The van der Waals surface area contributed by atoms with Gasteiger partial charge < -0.3 is 9.84 Å². The summed E-state index contributed by atoms with van der Waals surface area (Å²) in [4.78, 5) is 31.1. The van der Waals surface area contributed by atoms with Gasteiger partial charge in [0.05, 0.1) is 0 Å². The van der Waals surface area contributed by atoms with Crippen molar-refractivity contribution in [3.05, 3.63) is 71.2 Å². The van der Waals surface area contributed by atoms with Gasteiger partial charge in [0.25, 0.3) is 5.91 Å². The van der Waals surface area contributed by atoms with E-state index in [0.717, 1.165) is 25.0 Å². The number of carboxylic acids is 1. The van der Waals surface area contributed by atoms with E-state index in [1.807, 2.05) is 30.3 Å². The molecule has 0 saturated heterocycles. The van der Waals surface area contributed by atoms with E-state index in [-0.39, 0.29) is 23.1 Å². The van der Waals surface area contributed by atoms with Crippen molar-refractivity contribution in [3.8, 4) is 11.5 Å². The maximum Gasteiger partial charge on any atom is 0.355 e. The van der Waals surface area contributed by atoms with Crippen LogP contribution < -0.4 is 9.64 Å². The number of aromatic carboxylic acids is 1. The van der Waals surface area contributed by atoms with Crippen molar-refractivity contribution >= 4 is 28.3 Å². The van der Waals surface area contributed by atoms with E-state index in [9.17, 15) is 14.7 Å². The van der Waals surface area contributed by atoms with E-state index in [2.05, 4.69) is 25.8 Å². The van der Waals surface area contributed by atoms with Gasteiger partial charge >= 0.3 is 5.97 Å². The molecule has 33 heavy (non-hydrogen) atoms. The van der Waals surface area contributed by atoms with Crippen LogP contribution in [-0.2, 0) is 0 Å². The van der Waals surface area contributed by atoms with Crippen molar-refractivity contribution in [2.75, 3.05) is 4.90 Å². The predicted molar refractivity (Wildman–Crippen MR) is 129 cm³/mol. The molecule has 3 aromatic rings. The second-order valence-electron chi connectivity index (χ2n) is 9.50. The van der Waals surface area contributed by atoms with Crippen LogP contribution in [0.5, 0.6) is 11.5 Å². The summed E-state index contributed by atoms with van der Waals surface area (Å²) < 4.78 is 5.85. The van der Waals surface area contributed by atoms with Crippen molar-refractivity contribution in [1.82, 2.24) is 4.98 Å². The lowest BCUT2D eigenvalue weighted by Gasteiger charge is -2.43. The fraction of sp³-hybridized carbons (Fsp3) is 0.346. The van der Waals surface area contributed by atoms with Gasteiger partial charge in [0, 0.05) is 17.0 Å². The first-order chi connectivity index (χ1) is 15.7. The number of ether oxygens (including phenoxy) is 1. The Bertz CT molecular complexity index is 1120. The lowest BCUT2D eigenvalue weighted by molar-refractivity contribution is 0.0690. The van der Waals surface area contributed by atoms with Gasteiger partial charge in [0.15, 0.2) is 10.8 Å². The van der Waals surface area contributed by atoms with Crippen LogP contribution in [0, 0.1) is 11.3 Å². The topological polar surface area (TPSA) is 79.7 Å². The van der Waals surface area contributed by atoms with Crippen molar-refractivity contribution in [2.45, 2.75) is 46.1 Å². The van der Waals surface area contributed by atoms with Crippen LogP contribution in [-0.4, -0.2) is 28.0 Å². The summed E-state index contributed by atoms with van der Waals surface area (Å²) >= 11 is 1.20. The number of para-hydroxylation sites is 1. The second-order valence-corrected chi connectivity index (χ2v) is 10.3. The lowest BCUT2D eigenvalue weighted by atomic mass is 9.70. The van der Waals surface area contributed by atoms with Crippen molar-refractivity contribution in [1.29, 1.82) is 0 Å². The Morgan fingerprint density at radius 2 is 1.73 bits per heavy atom. The minimum atomic E-state index is -1.09. The molecule has 6 nitrogen and oxygen atoms in total. The number of carbonyl (C=O) groups excluding carboxylic acids is 1. The van der Waals surface area contributed by atoms with Crippen LogP contribution in [0.1, 0.15) is 60.9 Å². The highest BCUT2D eigenvalue weighted by atomic mass is 32.1. The zero-order valence-electron chi connectivity index (χ0n) is 19.0. The molecule has 1 unspecified atom stereocenters. The monoisotopic (exact) mass is 464 g/mol. The van der Waals surface area contributed by atoms with Gasteiger partial charge in [-0.3, -0.25) is 9.69 Å². The molecule has 0 radical (unpaired) electrons. The minimum absolute atomic E-state index is 0.0393. The molecule has 1 N–H and O–H groups in total. The van der Waals surface area contributed by atoms with Crippen molar-refractivity contribution < 1.29 is 19.4 Å². The van der Waals surface area contributed by atoms with E-state index < -0.39 is 5.97 Å². The molecule has 1 heterocycles. The Morgan fingerprint density at radius 3 is 2.33 bits per heavy atom. The molecule has 1 amide bonds. The molecular formula is C26H28N2O4S. The highest BCUT2D eigenvalue weighted by Crippen LogP contribution is 2.42. The summed E-state index contributed by atoms with van der Waals surface area (Å²) in [5.74, 6) is 0.543. The third-order valence-electron chi connectivity index (χ3n) is 5.95. The molecule has 2 atom stereocenters. The average Bonchev–Trinajstić information content (AvgIpc) is 3.24. The zero-order valence-corrected chi connectivity index (χ0v) is 19.8. The number of aromatic nitrogens is 1. The van der Waals surface area contributed by atoms with Gasteiger partial charge in [0.1, 0.15) is 11.5 Å². The second kappa shape index (κ2) is 9.35. The summed E-state index contributed by atoms with van der Waals surface area (Å²) in [5.41, 5.74) is 0.558. The molecule has 1 aromatic heterocycles. The molecule has 1 saturated carbocycles. The number of carboxylic acid groups (broad SMARTS) is 1. The maximum absolute atomic E-state index is 13.7. The Hall–Kier alpha value is -3.19. The first kappa shape index (κ1) is 23.0. The van der Waals surface area contributed by atoms with E-state index in [1.165, 1.54) is 16.7 Å². The van der Waals surface area contributed by atoms with Gasteiger partial charge in [-0.05, 0) is 67.0 Å². The highest BCUT2D eigenvalue weighted by Gasteiger charge is 2.38. The first-order valence-electron chi connectivity index (χ1n) is 11.1. The van der Waals surface area contributed by atoms with Crippen molar-refractivity contribution in [2.24, 2.45) is 11.3 Å². The molecular weight excluding hydrogens is 436 g/mol. The Morgan fingerprint density at radius 1 is 1.06 bits per heavy atom. The molecule has 1 fully saturated rings. The Balaban J connectivity index is 1.63. The van der Waals surface area contributed by atoms with Crippen LogP contribution >= 0.6 is 11.3 Å². The number of rotatable bonds is 6. The molecule has 2 aromatic carbocycles. The number of carbonyl (C=O) groups is 2. The van der Waals surface area contributed by atoms with Gasteiger partial charge in [-0.2, -0.15) is 0 Å². The van der Waals surface area contributed by atoms with Gasteiger partial charge in [-0.1, -0.05) is 39.0 Å². The molecule has 0 spiro atoms. The zero-order chi connectivity index (χ0) is 23.6. The summed E-state index contributed by atoms with van der Waals surface area (Å²) in [5, 5.41) is 11.3. The van der Waals surface area contributed by atoms with Gasteiger partial charge in [0.2, 0.25) is 0 Å². The molecule has 0 bridgehead atoms. The third-order valence-corrected chi connectivity index (χ3v) is 6.79. The minimum Gasteiger partial charge on any atom is -0.476 e. The van der Waals surface area contributed by atoms with Gasteiger partial charge in [-0.25, -0.2) is 9.78 Å². The number of anilines is 1. The number of hydrogen-bond donors (Lipinski definition) is 1. The normalized spacial score (nSPS) is 19.6. The SMILES string of the molecule is C[C@H]1CC(N(C(=O)c2ccc(Oc3ccccc3)cc2)c2nc(C(=O)O)cs2)CC(C)(C)C1. The molecule has 1 aliphatic rings. The number of thiazole rings is 1. The smallest absolute Gasteiger partial charge is 0.355 e. The molecule has 0 aliphatic heterocycles. The van der Waals surface area contributed by atoms with Crippen LogP contribution in [0.2, 0.25) is 0 Å². The fourth-order valence-corrected chi connectivity index (χ4v) is 5.67. The van der Waals surface area contributed by atoms with E-state index >= 15 is 0 Å². The summed E-state index contributed by atoms with van der Waals surface area (Å²) in [6, 6.07) is 16.5. The van der Waals surface area contributed by atoms with Crippen LogP contribution in [0.3, 0.4) is 0 Å². The fourth-order valence-electron chi connectivity index (χ4n) is 4.80. The van der Waals surface area contributed by atoms with Crippen LogP contribution in [0.15, 0.2) is 60.0 Å². The lowest BCUT2D eigenvalue weighted by Crippen LogP contribution is -2.46. The van der Waals surface area contributed by atoms with E-state index in [1.54, 1.807) is 29.2 Å². The highest BCUT2D eigenvalue weighted by molar-refractivity contribution is 7.14. The number of nitrogens with zero attached hydrogens (tertiary/aromatic N) is 2. The summed E-state index contributed by atoms with van der Waals surface area (Å²) in [6.45, 7) is 6.65. The first-order valence-corrected chi connectivity index (χ1v) is 12.0. The van der Waals surface area contributed by atoms with Crippen LogP contribution in [0.4, 0.5) is 5.13 Å². The number of amides is 1. The largest absolute Gasteiger partial charge is 0.476 e. The standard InChI is InChI=1S/C26H28N2O4S/c1-17-13-19(15-26(2,3)14-17)28(25-27-22(16-33-25)24(30)31)23(29)18-9-11-21(12-10-18)32-20-7-5-4-6-8-20/h4-12,16-17,19H,13-15H2,1-3H3,(H,30,31)/t17-,19?/m0/s1. The van der Waals surface area contributed by atoms with E-state index in [4.69, 9.17) is 4.74 Å². The third kappa shape index (κ3) is 5.42. The van der Waals surface area contributed by atoms with Crippen LogP contribution in [0.25, 0.3) is 0 Å². The quantitative estimate of drug-likeness (QED) is 0.451.